The maximum absolute atomic E-state index is 3.71. The summed E-state index contributed by atoms with van der Waals surface area (Å²) in [6.45, 7) is 22.4. The van der Waals surface area contributed by atoms with Crippen molar-refractivity contribution in [2.24, 2.45) is 34.0 Å². The van der Waals surface area contributed by atoms with E-state index in [1.54, 1.807) is 0 Å². The third-order valence-electron chi connectivity index (χ3n) is 11.4. The van der Waals surface area contributed by atoms with E-state index in [0.29, 0.717) is 28.3 Å². The van der Waals surface area contributed by atoms with Gasteiger partial charge in [-0.1, -0.05) is 100 Å². The first-order valence-corrected chi connectivity index (χ1v) is 15.2. The first-order valence-electron chi connectivity index (χ1n) is 15.2. The van der Waals surface area contributed by atoms with Gasteiger partial charge in [-0.2, -0.15) is 0 Å². The third kappa shape index (κ3) is 7.47. The standard InChI is InChI=1S/C32H63N/c1-10-30(7)21-15-16-23-31(30,8)22-13-11-12-14-24-32(9)27(5)18-20-29(32)26(4)17-19-28(6)33-25(2)3/h25-29,33H,10-24H2,1-9H3/t26-,27?,28?,29+,30-,31?,32-/m0/s1. The molecule has 2 rings (SSSR count). The molecule has 2 aliphatic carbocycles. The molecule has 0 aromatic heterocycles. The van der Waals surface area contributed by atoms with Gasteiger partial charge in [0.15, 0.2) is 0 Å². The van der Waals surface area contributed by atoms with Crippen molar-refractivity contribution in [3.05, 3.63) is 0 Å². The first kappa shape index (κ1) is 29.2. The highest BCUT2D eigenvalue weighted by molar-refractivity contribution is 4.96. The lowest BCUT2D eigenvalue weighted by Crippen LogP contribution is -2.40. The zero-order valence-electron chi connectivity index (χ0n) is 24.5. The molecule has 33 heavy (non-hydrogen) atoms. The number of hydrogen-bond donors (Lipinski definition) is 1. The summed E-state index contributed by atoms with van der Waals surface area (Å²) >= 11 is 0. The van der Waals surface area contributed by atoms with Crippen LogP contribution in [0.3, 0.4) is 0 Å². The average Bonchev–Trinajstić information content (AvgIpc) is 3.05. The summed E-state index contributed by atoms with van der Waals surface area (Å²) < 4.78 is 0. The van der Waals surface area contributed by atoms with E-state index in [2.05, 4.69) is 67.6 Å². The molecule has 0 bridgehead atoms. The van der Waals surface area contributed by atoms with Gasteiger partial charge in [0, 0.05) is 12.1 Å². The molecule has 3 unspecified atom stereocenters. The van der Waals surface area contributed by atoms with Crippen LogP contribution < -0.4 is 5.32 Å². The van der Waals surface area contributed by atoms with Crippen molar-refractivity contribution >= 4 is 0 Å². The summed E-state index contributed by atoms with van der Waals surface area (Å²) in [6.07, 6.45) is 21.6. The monoisotopic (exact) mass is 461 g/mol. The lowest BCUT2D eigenvalue weighted by atomic mass is 9.55. The van der Waals surface area contributed by atoms with Gasteiger partial charge < -0.3 is 5.32 Å². The summed E-state index contributed by atoms with van der Waals surface area (Å²) in [5.41, 5.74) is 1.75. The molecule has 1 heteroatoms. The fourth-order valence-corrected chi connectivity index (χ4v) is 8.23. The highest BCUT2D eigenvalue weighted by atomic mass is 14.9. The van der Waals surface area contributed by atoms with Gasteiger partial charge in [0.05, 0.1) is 0 Å². The molecule has 0 saturated heterocycles. The fourth-order valence-electron chi connectivity index (χ4n) is 8.23. The minimum Gasteiger partial charge on any atom is -0.312 e. The largest absolute Gasteiger partial charge is 0.312 e. The van der Waals surface area contributed by atoms with Gasteiger partial charge in [-0.25, -0.2) is 0 Å². The maximum atomic E-state index is 3.71. The van der Waals surface area contributed by atoms with Crippen LogP contribution in [0.25, 0.3) is 0 Å². The third-order valence-corrected chi connectivity index (χ3v) is 11.4. The molecule has 2 saturated carbocycles. The van der Waals surface area contributed by atoms with E-state index in [0.717, 1.165) is 17.8 Å². The molecule has 2 fully saturated rings. The molecule has 2 aliphatic rings. The Morgan fingerprint density at radius 1 is 0.788 bits per heavy atom. The minimum absolute atomic E-state index is 0.574. The molecular formula is C32H63N. The molecule has 0 radical (unpaired) electrons. The molecule has 196 valence electrons. The van der Waals surface area contributed by atoms with Crippen LogP contribution in [0.1, 0.15) is 159 Å². The van der Waals surface area contributed by atoms with E-state index in [9.17, 15) is 0 Å². The normalized spacial score (nSPS) is 36.9. The summed E-state index contributed by atoms with van der Waals surface area (Å²) in [5, 5.41) is 3.71. The van der Waals surface area contributed by atoms with Gasteiger partial charge in [0.1, 0.15) is 0 Å². The van der Waals surface area contributed by atoms with Gasteiger partial charge >= 0.3 is 0 Å². The van der Waals surface area contributed by atoms with Crippen molar-refractivity contribution in [3.8, 4) is 0 Å². The van der Waals surface area contributed by atoms with Crippen LogP contribution in [0.5, 0.6) is 0 Å². The molecule has 7 atom stereocenters. The van der Waals surface area contributed by atoms with Gasteiger partial charge in [-0.15, -0.1) is 0 Å². The Bertz CT molecular complexity index is 555. The molecule has 0 aliphatic heterocycles. The Morgan fingerprint density at radius 3 is 2.00 bits per heavy atom. The van der Waals surface area contributed by atoms with Crippen LogP contribution in [0.4, 0.5) is 0 Å². The SMILES string of the molecule is CC[C@@]1(C)CCCCC1(C)CCCCCC[C@@]1(C)C(C)CC[C@@H]1[C@@H](C)CCC(C)NC(C)C. The number of unbranched alkanes of at least 4 members (excludes halogenated alkanes) is 3. The van der Waals surface area contributed by atoms with Crippen LogP contribution in [0, 0.1) is 34.0 Å². The summed E-state index contributed by atoms with van der Waals surface area (Å²) in [7, 11) is 0. The molecular weight excluding hydrogens is 398 g/mol. The van der Waals surface area contributed by atoms with Gasteiger partial charge in [-0.3, -0.25) is 0 Å². The van der Waals surface area contributed by atoms with E-state index in [1.807, 2.05) is 0 Å². The molecule has 0 amide bonds. The van der Waals surface area contributed by atoms with Crippen LogP contribution in [0.15, 0.2) is 0 Å². The molecule has 0 aromatic carbocycles. The predicted molar refractivity (Wildman–Crippen MR) is 149 cm³/mol. The van der Waals surface area contributed by atoms with Crippen molar-refractivity contribution in [1.82, 2.24) is 5.32 Å². The molecule has 0 aromatic rings. The van der Waals surface area contributed by atoms with Crippen molar-refractivity contribution in [2.45, 2.75) is 171 Å². The number of nitrogens with one attached hydrogen (secondary N) is 1. The second-order valence-electron chi connectivity index (χ2n) is 14.0. The first-order chi connectivity index (χ1) is 15.5. The molecule has 1 nitrogen and oxygen atoms in total. The molecule has 0 heterocycles. The Hall–Kier alpha value is -0.0400. The lowest BCUT2D eigenvalue weighted by molar-refractivity contribution is 0.00245. The van der Waals surface area contributed by atoms with Crippen molar-refractivity contribution in [1.29, 1.82) is 0 Å². The zero-order chi connectivity index (χ0) is 24.7. The van der Waals surface area contributed by atoms with E-state index >= 15 is 0 Å². The Kier molecular flexibility index (Phi) is 11.3. The maximum Gasteiger partial charge on any atom is 0.00411 e. The number of hydrogen-bond acceptors (Lipinski definition) is 1. The second-order valence-corrected chi connectivity index (χ2v) is 14.0. The smallest absolute Gasteiger partial charge is 0.00411 e. The van der Waals surface area contributed by atoms with E-state index in [1.165, 1.54) is 96.3 Å². The highest BCUT2D eigenvalue weighted by Gasteiger charge is 2.46. The summed E-state index contributed by atoms with van der Waals surface area (Å²) in [5.74, 6) is 2.71. The molecule has 1 N–H and O–H groups in total. The summed E-state index contributed by atoms with van der Waals surface area (Å²) in [4.78, 5) is 0. The van der Waals surface area contributed by atoms with Crippen molar-refractivity contribution in [3.63, 3.8) is 0 Å². The van der Waals surface area contributed by atoms with Gasteiger partial charge in [0.2, 0.25) is 0 Å². The van der Waals surface area contributed by atoms with Crippen LogP contribution in [-0.4, -0.2) is 12.1 Å². The van der Waals surface area contributed by atoms with E-state index in [4.69, 9.17) is 0 Å². The van der Waals surface area contributed by atoms with Gasteiger partial charge in [0.25, 0.3) is 0 Å². The van der Waals surface area contributed by atoms with Crippen molar-refractivity contribution < 1.29 is 0 Å². The van der Waals surface area contributed by atoms with Crippen molar-refractivity contribution in [2.75, 3.05) is 0 Å². The number of rotatable bonds is 14. The lowest BCUT2D eigenvalue weighted by Gasteiger charge is -2.50. The van der Waals surface area contributed by atoms with Crippen LogP contribution in [0.2, 0.25) is 0 Å². The van der Waals surface area contributed by atoms with E-state index in [-0.39, 0.29) is 0 Å². The minimum atomic E-state index is 0.574. The summed E-state index contributed by atoms with van der Waals surface area (Å²) in [6, 6.07) is 1.25. The Morgan fingerprint density at radius 2 is 1.39 bits per heavy atom. The van der Waals surface area contributed by atoms with E-state index < -0.39 is 0 Å². The molecule has 0 spiro atoms. The van der Waals surface area contributed by atoms with Gasteiger partial charge in [-0.05, 0) is 92.3 Å². The Balaban J connectivity index is 1.76. The Labute approximate surface area is 210 Å². The topological polar surface area (TPSA) is 12.0 Å². The average molecular weight is 462 g/mol. The second kappa shape index (κ2) is 12.8. The zero-order valence-corrected chi connectivity index (χ0v) is 24.5. The predicted octanol–water partition coefficient (Wildman–Crippen LogP) is 10.2. The highest BCUT2D eigenvalue weighted by Crippen LogP contribution is 2.56. The fraction of sp³-hybridized carbons (Fsp3) is 1.00. The van der Waals surface area contributed by atoms with Crippen LogP contribution in [-0.2, 0) is 0 Å². The quantitative estimate of drug-likeness (QED) is 0.254. The van der Waals surface area contributed by atoms with Crippen LogP contribution >= 0.6 is 0 Å².